The van der Waals surface area contributed by atoms with Gasteiger partial charge in [-0.05, 0) is 73.8 Å². The van der Waals surface area contributed by atoms with Crippen molar-refractivity contribution in [2.45, 2.75) is 116 Å². The van der Waals surface area contributed by atoms with Crippen molar-refractivity contribution < 1.29 is 0 Å². The SMILES string of the molecule is CCCCC1(C#N)CCC(c2ccc(CC[C@H]3CC[C@H](CCC)CC3)cc2)CC1. The summed E-state index contributed by atoms with van der Waals surface area (Å²) in [5, 5.41) is 9.72. The largest absolute Gasteiger partial charge is 0.198 e. The average molecular weight is 394 g/mol. The Morgan fingerprint density at radius 1 is 0.862 bits per heavy atom. The number of hydrogen-bond donors (Lipinski definition) is 0. The van der Waals surface area contributed by atoms with Crippen molar-refractivity contribution in [3.8, 4) is 6.07 Å². The predicted molar refractivity (Wildman–Crippen MR) is 124 cm³/mol. The molecule has 0 spiro atoms. The van der Waals surface area contributed by atoms with E-state index in [1.165, 1.54) is 88.2 Å². The molecular weight excluding hydrogens is 350 g/mol. The minimum Gasteiger partial charge on any atom is -0.198 e. The summed E-state index contributed by atoms with van der Waals surface area (Å²) >= 11 is 0. The van der Waals surface area contributed by atoms with Gasteiger partial charge >= 0.3 is 0 Å². The third-order valence-electron chi connectivity index (χ3n) is 8.14. The standard InChI is InChI=1S/C28H43N/c1-3-5-19-28(22-29)20-17-27(18-21-28)26-15-13-25(14-16-26)12-11-24-9-7-23(6-4-2)8-10-24/h13-16,23-24,27H,3-12,17-21H2,1-2H3/t23-,24-,27?,28?. The van der Waals surface area contributed by atoms with Gasteiger partial charge in [-0.1, -0.05) is 89.5 Å². The van der Waals surface area contributed by atoms with Gasteiger partial charge in [0.05, 0.1) is 11.5 Å². The van der Waals surface area contributed by atoms with Crippen LogP contribution in [0.1, 0.15) is 121 Å². The molecule has 0 saturated heterocycles. The highest BCUT2D eigenvalue weighted by atomic mass is 14.4. The Kier molecular flexibility index (Phi) is 8.65. The molecular formula is C28H43N. The maximum absolute atomic E-state index is 9.72. The zero-order valence-corrected chi connectivity index (χ0v) is 19.1. The summed E-state index contributed by atoms with van der Waals surface area (Å²) in [7, 11) is 0. The molecule has 0 N–H and O–H groups in total. The summed E-state index contributed by atoms with van der Waals surface area (Å²) in [6.07, 6.45) is 19.4. The maximum Gasteiger partial charge on any atom is 0.0689 e. The van der Waals surface area contributed by atoms with Gasteiger partial charge in [-0.25, -0.2) is 0 Å². The van der Waals surface area contributed by atoms with Crippen LogP contribution >= 0.6 is 0 Å². The van der Waals surface area contributed by atoms with Crippen LogP contribution in [0.15, 0.2) is 24.3 Å². The molecule has 1 heteroatoms. The van der Waals surface area contributed by atoms with Crippen LogP contribution in [0.2, 0.25) is 0 Å². The average Bonchev–Trinajstić information content (AvgIpc) is 2.78. The minimum absolute atomic E-state index is 0.0252. The second kappa shape index (κ2) is 11.2. The molecule has 0 amide bonds. The number of hydrogen-bond acceptors (Lipinski definition) is 1. The lowest BCUT2D eigenvalue weighted by Crippen LogP contribution is -2.25. The normalized spacial score (nSPS) is 30.0. The topological polar surface area (TPSA) is 23.8 Å². The van der Waals surface area contributed by atoms with E-state index in [1.54, 1.807) is 0 Å². The van der Waals surface area contributed by atoms with Crippen molar-refractivity contribution >= 4 is 0 Å². The van der Waals surface area contributed by atoms with E-state index in [4.69, 9.17) is 0 Å². The van der Waals surface area contributed by atoms with E-state index in [1.807, 2.05) is 0 Å². The van der Waals surface area contributed by atoms with Gasteiger partial charge in [-0.15, -0.1) is 0 Å². The number of nitriles is 1. The Balaban J connectivity index is 1.43. The van der Waals surface area contributed by atoms with Crippen LogP contribution in [-0.2, 0) is 6.42 Å². The third kappa shape index (κ3) is 6.34. The highest BCUT2D eigenvalue weighted by Crippen LogP contribution is 2.45. The zero-order valence-electron chi connectivity index (χ0n) is 19.1. The first-order valence-corrected chi connectivity index (χ1v) is 12.7. The summed E-state index contributed by atoms with van der Waals surface area (Å²) in [4.78, 5) is 0. The van der Waals surface area contributed by atoms with Crippen molar-refractivity contribution in [3.63, 3.8) is 0 Å². The zero-order chi connectivity index (χ0) is 20.5. The molecule has 2 fully saturated rings. The molecule has 0 radical (unpaired) electrons. The molecule has 2 saturated carbocycles. The molecule has 1 aromatic rings. The lowest BCUT2D eigenvalue weighted by molar-refractivity contribution is 0.224. The van der Waals surface area contributed by atoms with Crippen LogP contribution in [-0.4, -0.2) is 0 Å². The first kappa shape index (κ1) is 22.4. The van der Waals surface area contributed by atoms with Gasteiger partial charge < -0.3 is 0 Å². The third-order valence-corrected chi connectivity index (χ3v) is 8.14. The molecule has 29 heavy (non-hydrogen) atoms. The Labute approximate surface area is 180 Å². The van der Waals surface area contributed by atoms with Crippen LogP contribution in [0.4, 0.5) is 0 Å². The summed E-state index contributed by atoms with van der Waals surface area (Å²) in [6, 6.07) is 12.3. The summed E-state index contributed by atoms with van der Waals surface area (Å²) in [5.74, 6) is 2.65. The van der Waals surface area contributed by atoms with Crippen molar-refractivity contribution in [2.24, 2.45) is 17.3 Å². The summed E-state index contributed by atoms with van der Waals surface area (Å²) < 4.78 is 0. The molecule has 0 atom stereocenters. The molecule has 0 heterocycles. The lowest BCUT2D eigenvalue weighted by atomic mass is 9.67. The fourth-order valence-corrected chi connectivity index (χ4v) is 5.98. The number of rotatable bonds is 9. The Bertz CT molecular complexity index is 621. The van der Waals surface area contributed by atoms with Gasteiger partial charge in [0, 0.05) is 0 Å². The summed E-state index contributed by atoms with van der Waals surface area (Å²) in [6.45, 7) is 4.56. The van der Waals surface area contributed by atoms with Crippen molar-refractivity contribution in [1.82, 2.24) is 0 Å². The van der Waals surface area contributed by atoms with Gasteiger partial charge in [0.25, 0.3) is 0 Å². The van der Waals surface area contributed by atoms with Gasteiger partial charge in [0.15, 0.2) is 0 Å². The fourth-order valence-electron chi connectivity index (χ4n) is 5.98. The molecule has 0 unspecified atom stereocenters. The van der Waals surface area contributed by atoms with Crippen molar-refractivity contribution in [2.75, 3.05) is 0 Å². The number of benzene rings is 1. The van der Waals surface area contributed by atoms with Gasteiger partial charge in [-0.2, -0.15) is 5.26 Å². The molecule has 0 bridgehead atoms. The molecule has 2 aliphatic rings. The monoisotopic (exact) mass is 393 g/mol. The van der Waals surface area contributed by atoms with Gasteiger partial charge in [0.2, 0.25) is 0 Å². The van der Waals surface area contributed by atoms with E-state index in [-0.39, 0.29) is 5.41 Å². The van der Waals surface area contributed by atoms with Crippen LogP contribution in [0, 0.1) is 28.6 Å². The first-order valence-electron chi connectivity index (χ1n) is 12.7. The number of unbranched alkanes of at least 4 members (excludes halogenated alkanes) is 1. The molecule has 0 aromatic heterocycles. The fraction of sp³-hybridized carbons (Fsp3) is 0.750. The van der Waals surface area contributed by atoms with Crippen LogP contribution in [0.25, 0.3) is 0 Å². The second-order valence-electron chi connectivity index (χ2n) is 10.2. The van der Waals surface area contributed by atoms with Crippen LogP contribution in [0.5, 0.6) is 0 Å². The Morgan fingerprint density at radius 2 is 1.48 bits per heavy atom. The first-order chi connectivity index (χ1) is 14.2. The van der Waals surface area contributed by atoms with Crippen LogP contribution in [0.3, 0.4) is 0 Å². The minimum atomic E-state index is -0.0252. The highest BCUT2D eigenvalue weighted by Gasteiger charge is 2.35. The Hall–Kier alpha value is -1.29. The maximum atomic E-state index is 9.72. The molecule has 3 rings (SSSR count). The van der Waals surface area contributed by atoms with E-state index < -0.39 is 0 Å². The molecule has 160 valence electrons. The smallest absolute Gasteiger partial charge is 0.0689 e. The summed E-state index contributed by atoms with van der Waals surface area (Å²) in [5.41, 5.74) is 3.01. The van der Waals surface area contributed by atoms with E-state index in [0.717, 1.165) is 31.1 Å². The molecule has 1 aromatic carbocycles. The Morgan fingerprint density at radius 3 is 2.03 bits per heavy atom. The predicted octanol–water partition coefficient (Wildman–Crippen LogP) is 8.58. The van der Waals surface area contributed by atoms with E-state index in [2.05, 4.69) is 44.2 Å². The quantitative estimate of drug-likeness (QED) is 0.412. The molecule has 0 aliphatic heterocycles. The highest BCUT2D eigenvalue weighted by molar-refractivity contribution is 5.26. The van der Waals surface area contributed by atoms with E-state index in [0.29, 0.717) is 5.92 Å². The number of nitrogens with zero attached hydrogens (tertiary/aromatic N) is 1. The van der Waals surface area contributed by atoms with Crippen molar-refractivity contribution in [3.05, 3.63) is 35.4 Å². The molecule has 2 aliphatic carbocycles. The second-order valence-corrected chi connectivity index (χ2v) is 10.2. The van der Waals surface area contributed by atoms with Crippen molar-refractivity contribution in [1.29, 1.82) is 5.26 Å². The van der Waals surface area contributed by atoms with Crippen LogP contribution < -0.4 is 0 Å². The number of aryl methyl sites for hydroxylation is 1. The van der Waals surface area contributed by atoms with Gasteiger partial charge in [0.1, 0.15) is 0 Å². The molecule has 1 nitrogen and oxygen atoms in total. The van der Waals surface area contributed by atoms with E-state index in [9.17, 15) is 5.26 Å². The lowest BCUT2D eigenvalue weighted by Gasteiger charge is -2.35. The van der Waals surface area contributed by atoms with E-state index >= 15 is 0 Å². The van der Waals surface area contributed by atoms with Gasteiger partial charge in [-0.3, -0.25) is 0 Å².